The highest BCUT2D eigenvalue weighted by Gasteiger charge is 2.30. The smallest absolute Gasteiger partial charge is 0.228 e. The molecule has 1 aromatic heterocycles. The average Bonchev–Trinajstić information content (AvgIpc) is 2.96. The highest BCUT2D eigenvalue weighted by atomic mass is 19.1. The van der Waals surface area contributed by atoms with Gasteiger partial charge in [0.2, 0.25) is 11.8 Å². The van der Waals surface area contributed by atoms with E-state index in [-0.39, 0.29) is 18.2 Å². The second kappa shape index (κ2) is 6.83. The van der Waals surface area contributed by atoms with Crippen molar-refractivity contribution in [3.05, 3.63) is 59.7 Å². The zero-order valence-electron chi connectivity index (χ0n) is 14.8. The quantitative estimate of drug-likeness (QED) is 0.745. The molecule has 0 bridgehead atoms. The molecule has 0 saturated heterocycles. The number of fused-ring (bicyclic) bond motifs is 2. The van der Waals surface area contributed by atoms with Gasteiger partial charge in [-0.3, -0.25) is 9.59 Å². The van der Waals surface area contributed by atoms with E-state index in [2.05, 4.69) is 15.6 Å². The van der Waals surface area contributed by atoms with Crippen molar-refractivity contribution in [2.75, 3.05) is 11.9 Å². The van der Waals surface area contributed by atoms with Crippen LogP contribution in [0.1, 0.15) is 23.7 Å². The SMILES string of the molecule is Cc1nc2ccccc2n1CCNC(=O)[C@H]1CC(=O)Nc2cc(F)ccc21. The van der Waals surface area contributed by atoms with Gasteiger partial charge in [0.05, 0.1) is 17.0 Å². The molecule has 2 amide bonds. The minimum absolute atomic E-state index is 0.0531. The lowest BCUT2D eigenvalue weighted by Crippen LogP contribution is -2.36. The standard InChI is InChI=1S/C20H19FN4O2/c1-12-23-16-4-2-3-5-18(16)25(12)9-8-22-20(27)15-11-19(26)24-17-10-13(21)6-7-14(15)17/h2-7,10,15H,8-9,11H2,1H3,(H,22,27)(H,24,26)/t15-/m0/s1. The predicted octanol–water partition coefficient (Wildman–Crippen LogP) is 2.73. The summed E-state index contributed by atoms with van der Waals surface area (Å²) >= 11 is 0. The first kappa shape index (κ1) is 17.2. The van der Waals surface area contributed by atoms with Crippen LogP contribution in [0.2, 0.25) is 0 Å². The number of imidazole rings is 1. The van der Waals surface area contributed by atoms with Crippen LogP contribution in [0.3, 0.4) is 0 Å². The van der Waals surface area contributed by atoms with E-state index >= 15 is 0 Å². The van der Waals surface area contributed by atoms with E-state index in [4.69, 9.17) is 0 Å². The number of aryl methyl sites for hydroxylation is 1. The maximum atomic E-state index is 13.4. The zero-order chi connectivity index (χ0) is 19.0. The number of carbonyl (C=O) groups is 2. The Bertz CT molecular complexity index is 1040. The van der Waals surface area contributed by atoms with Crippen molar-refractivity contribution < 1.29 is 14.0 Å². The van der Waals surface area contributed by atoms with Crippen molar-refractivity contribution in [2.45, 2.75) is 25.8 Å². The third-order valence-electron chi connectivity index (χ3n) is 4.85. The fraction of sp³-hybridized carbons (Fsp3) is 0.250. The number of para-hydroxylation sites is 2. The van der Waals surface area contributed by atoms with Crippen molar-refractivity contribution >= 4 is 28.5 Å². The first-order valence-corrected chi connectivity index (χ1v) is 8.82. The molecule has 1 aliphatic rings. The summed E-state index contributed by atoms with van der Waals surface area (Å²) in [5.41, 5.74) is 2.93. The van der Waals surface area contributed by atoms with Crippen LogP contribution in [-0.4, -0.2) is 27.9 Å². The van der Waals surface area contributed by atoms with E-state index in [1.165, 1.54) is 12.1 Å². The molecule has 7 heteroatoms. The second-order valence-corrected chi connectivity index (χ2v) is 6.63. The number of nitrogens with zero attached hydrogens (tertiary/aromatic N) is 2. The molecule has 0 radical (unpaired) electrons. The summed E-state index contributed by atoms with van der Waals surface area (Å²) in [6.07, 6.45) is 0.0531. The van der Waals surface area contributed by atoms with Gasteiger partial charge in [-0.2, -0.15) is 0 Å². The van der Waals surface area contributed by atoms with Crippen LogP contribution in [0.15, 0.2) is 42.5 Å². The maximum Gasteiger partial charge on any atom is 0.228 e. The Hall–Kier alpha value is -3.22. The number of hydrogen-bond donors (Lipinski definition) is 2. The van der Waals surface area contributed by atoms with Crippen molar-refractivity contribution in [3.8, 4) is 0 Å². The van der Waals surface area contributed by atoms with E-state index in [1.807, 2.05) is 35.8 Å². The summed E-state index contributed by atoms with van der Waals surface area (Å²) in [5, 5.41) is 5.52. The van der Waals surface area contributed by atoms with Gasteiger partial charge < -0.3 is 15.2 Å². The van der Waals surface area contributed by atoms with Crippen LogP contribution in [0.25, 0.3) is 11.0 Å². The molecule has 138 valence electrons. The number of aromatic nitrogens is 2. The Morgan fingerprint density at radius 3 is 3.00 bits per heavy atom. The fourth-order valence-electron chi connectivity index (χ4n) is 3.56. The molecule has 1 aliphatic heterocycles. The summed E-state index contributed by atoms with van der Waals surface area (Å²) in [6, 6.07) is 11.9. The van der Waals surface area contributed by atoms with Crippen LogP contribution in [0.4, 0.5) is 10.1 Å². The molecule has 1 atom stereocenters. The van der Waals surface area contributed by atoms with Crippen LogP contribution < -0.4 is 10.6 Å². The number of benzene rings is 2. The normalized spacial score (nSPS) is 16.1. The third-order valence-corrected chi connectivity index (χ3v) is 4.85. The number of rotatable bonds is 4. The van der Waals surface area contributed by atoms with E-state index in [1.54, 1.807) is 6.07 Å². The Morgan fingerprint density at radius 2 is 2.15 bits per heavy atom. The number of halogens is 1. The number of hydrogen-bond acceptors (Lipinski definition) is 3. The molecule has 4 rings (SSSR count). The average molecular weight is 366 g/mol. The molecule has 0 aliphatic carbocycles. The van der Waals surface area contributed by atoms with Crippen molar-refractivity contribution in [2.24, 2.45) is 0 Å². The molecule has 3 aromatic rings. The van der Waals surface area contributed by atoms with E-state index in [0.29, 0.717) is 24.3 Å². The first-order valence-electron chi connectivity index (χ1n) is 8.82. The van der Waals surface area contributed by atoms with Gasteiger partial charge in [0.1, 0.15) is 11.6 Å². The maximum absolute atomic E-state index is 13.4. The topological polar surface area (TPSA) is 76.0 Å². The largest absolute Gasteiger partial charge is 0.354 e. The summed E-state index contributed by atoms with van der Waals surface area (Å²) in [4.78, 5) is 29.0. The number of anilines is 1. The molecule has 2 aromatic carbocycles. The van der Waals surface area contributed by atoms with Crippen LogP contribution in [0.5, 0.6) is 0 Å². The molecule has 0 spiro atoms. The van der Waals surface area contributed by atoms with Gasteiger partial charge in [0.25, 0.3) is 0 Å². The van der Waals surface area contributed by atoms with Crippen LogP contribution >= 0.6 is 0 Å². The molecule has 0 unspecified atom stereocenters. The van der Waals surface area contributed by atoms with E-state index < -0.39 is 11.7 Å². The predicted molar refractivity (Wildman–Crippen MR) is 99.9 cm³/mol. The Labute approximate surface area is 155 Å². The fourth-order valence-corrected chi connectivity index (χ4v) is 3.56. The lowest BCUT2D eigenvalue weighted by molar-refractivity contribution is -0.126. The highest BCUT2D eigenvalue weighted by molar-refractivity contribution is 6.01. The van der Waals surface area contributed by atoms with Crippen molar-refractivity contribution in [1.29, 1.82) is 0 Å². The van der Waals surface area contributed by atoms with Gasteiger partial charge in [0, 0.05) is 25.2 Å². The second-order valence-electron chi connectivity index (χ2n) is 6.63. The Morgan fingerprint density at radius 1 is 1.33 bits per heavy atom. The Kier molecular flexibility index (Phi) is 4.35. The summed E-state index contributed by atoms with van der Waals surface area (Å²) in [7, 11) is 0. The zero-order valence-corrected chi connectivity index (χ0v) is 14.8. The van der Waals surface area contributed by atoms with Crippen LogP contribution in [-0.2, 0) is 16.1 Å². The van der Waals surface area contributed by atoms with E-state index in [9.17, 15) is 14.0 Å². The summed E-state index contributed by atoms with van der Waals surface area (Å²) in [6.45, 7) is 2.92. The molecular weight excluding hydrogens is 347 g/mol. The minimum atomic E-state index is -0.616. The number of amides is 2. The van der Waals surface area contributed by atoms with Gasteiger partial charge in [-0.15, -0.1) is 0 Å². The molecule has 2 N–H and O–H groups in total. The van der Waals surface area contributed by atoms with Crippen LogP contribution in [0, 0.1) is 12.7 Å². The minimum Gasteiger partial charge on any atom is -0.354 e. The van der Waals surface area contributed by atoms with Gasteiger partial charge in [0.15, 0.2) is 0 Å². The third kappa shape index (κ3) is 3.28. The number of nitrogens with one attached hydrogen (secondary N) is 2. The first-order chi connectivity index (χ1) is 13.0. The lowest BCUT2D eigenvalue weighted by Gasteiger charge is -2.25. The molecular formula is C20H19FN4O2. The summed E-state index contributed by atoms with van der Waals surface area (Å²) < 4.78 is 15.5. The summed E-state index contributed by atoms with van der Waals surface area (Å²) in [5.74, 6) is -0.708. The van der Waals surface area contributed by atoms with Crippen molar-refractivity contribution in [3.63, 3.8) is 0 Å². The molecule has 2 heterocycles. The van der Waals surface area contributed by atoms with Gasteiger partial charge in [-0.1, -0.05) is 18.2 Å². The van der Waals surface area contributed by atoms with Gasteiger partial charge >= 0.3 is 0 Å². The van der Waals surface area contributed by atoms with Crippen molar-refractivity contribution in [1.82, 2.24) is 14.9 Å². The monoisotopic (exact) mass is 366 g/mol. The molecule has 0 fully saturated rings. The molecule has 0 saturated carbocycles. The van der Waals surface area contributed by atoms with Gasteiger partial charge in [-0.05, 0) is 36.8 Å². The number of carbonyl (C=O) groups excluding carboxylic acids is 2. The Balaban J connectivity index is 1.47. The lowest BCUT2D eigenvalue weighted by atomic mass is 9.89. The van der Waals surface area contributed by atoms with Gasteiger partial charge in [-0.25, -0.2) is 9.37 Å². The molecule has 27 heavy (non-hydrogen) atoms. The van der Waals surface area contributed by atoms with E-state index in [0.717, 1.165) is 16.9 Å². The molecule has 6 nitrogen and oxygen atoms in total. The highest BCUT2D eigenvalue weighted by Crippen LogP contribution is 2.32.